The second-order valence-corrected chi connectivity index (χ2v) is 7.42. The lowest BCUT2D eigenvalue weighted by Crippen LogP contribution is -2.15. The Kier molecular flexibility index (Phi) is 4.35. The quantitative estimate of drug-likeness (QED) is 0.451. The highest BCUT2D eigenvalue weighted by Crippen LogP contribution is 2.45. The molecule has 1 N–H and O–H groups in total. The summed E-state index contributed by atoms with van der Waals surface area (Å²) in [5, 5.41) is 22.6. The fourth-order valence-corrected chi connectivity index (χ4v) is 3.55. The van der Waals surface area contributed by atoms with Gasteiger partial charge < -0.3 is 9.88 Å². The Labute approximate surface area is 152 Å². The van der Waals surface area contributed by atoms with Gasteiger partial charge in [-0.25, -0.2) is 0 Å². The van der Waals surface area contributed by atoms with Crippen molar-refractivity contribution < 1.29 is 14.1 Å². The molecule has 4 rings (SSSR count). The van der Waals surface area contributed by atoms with E-state index in [1.807, 2.05) is 0 Å². The number of carbonyl (C=O) groups excluding carboxylic acids is 1. The molecule has 0 bridgehead atoms. The average Bonchev–Trinajstić information content (AvgIpc) is 3.53. The number of nitro groups is 1. The van der Waals surface area contributed by atoms with Gasteiger partial charge in [0.05, 0.1) is 10.7 Å². The first-order valence-corrected chi connectivity index (χ1v) is 9.33. The minimum Gasteiger partial charge on any atom is -0.325 e. The zero-order valence-electron chi connectivity index (χ0n) is 13.7. The van der Waals surface area contributed by atoms with Crippen LogP contribution in [0.25, 0.3) is 0 Å². The molecule has 1 aromatic heterocycles. The molecule has 2 fully saturated rings. The maximum absolute atomic E-state index is 13.3. The number of thioether (sulfide) groups is 1. The molecule has 0 atom stereocenters. The van der Waals surface area contributed by atoms with Crippen molar-refractivity contribution in [2.75, 3.05) is 11.1 Å². The molecule has 1 aromatic carbocycles. The summed E-state index contributed by atoms with van der Waals surface area (Å²) in [4.78, 5) is 22.1. The van der Waals surface area contributed by atoms with E-state index in [4.69, 9.17) is 0 Å². The Morgan fingerprint density at radius 2 is 2.12 bits per heavy atom. The summed E-state index contributed by atoms with van der Waals surface area (Å²) in [5.41, 5.74) is -0.482. The number of anilines is 1. The second-order valence-electron chi connectivity index (χ2n) is 6.48. The summed E-state index contributed by atoms with van der Waals surface area (Å²) in [5.74, 6) is 0.332. The monoisotopic (exact) mass is 377 g/mol. The zero-order chi connectivity index (χ0) is 18.3. The van der Waals surface area contributed by atoms with E-state index in [2.05, 4.69) is 20.1 Å². The number of hydrogen-bond acceptors (Lipinski definition) is 6. The summed E-state index contributed by atoms with van der Waals surface area (Å²) in [6, 6.07) is 3.70. The third-order valence-electron chi connectivity index (χ3n) is 4.30. The van der Waals surface area contributed by atoms with Gasteiger partial charge in [-0.3, -0.25) is 14.9 Å². The van der Waals surface area contributed by atoms with Crippen molar-refractivity contribution in [1.29, 1.82) is 0 Å². The van der Waals surface area contributed by atoms with E-state index in [1.165, 1.54) is 17.8 Å². The predicted octanol–water partition coefficient (Wildman–Crippen LogP) is 3.27. The average molecular weight is 377 g/mol. The summed E-state index contributed by atoms with van der Waals surface area (Å²) < 4.78 is 15.5. The second kappa shape index (κ2) is 6.67. The van der Waals surface area contributed by atoms with Crippen LogP contribution in [0.4, 0.5) is 15.8 Å². The third-order valence-corrected chi connectivity index (χ3v) is 5.25. The normalized spacial score (nSPS) is 16.5. The van der Waals surface area contributed by atoms with Gasteiger partial charge in [-0.1, -0.05) is 11.8 Å². The molecule has 1 heterocycles. The number of nitro benzene ring substituents is 1. The number of benzene rings is 1. The smallest absolute Gasteiger partial charge is 0.306 e. The van der Waals surface area contributed by atoms with Crippen molar-refractivity contribution in [2.45, 2.75) is 42.8 Å². The first-order valence-electron chi connectivity index (χ1n) is 8.34. The lowest BCUT2D eigenvalue weighted by atomic mass is 10.2. The Morgan fingerprint density at radius 1 is 1.35 bits per heavy atom. The number of nitrogens with zero attached hydrogens (tertiary/aromatic N) is 4. The SMILES string of the molecule is O=C(CSc1nnc(C2CC2)n1C1CC1)Nc1ccc(F)c([N+](=O)[O-])c1. The molecule has 2 saturated carbocycles. The molecule has 0 saturated heterocycles. The Balaban J connectivity index is 1.40. The molecule has 0 radical (unpaired) electrons. The summed E-state index contributed by atoms with van der Waals surface area (Å²) in [6.45, 7) is 0. The number of amides is 1. The lowest BCUT2D eigenvalue weighted by molar-refractivity contribution is -0.387. The largest absolute Gasteiger partial charge is 0.325 e. The van der Waals surface area contributed by atoms with Gasteiger partial charge in [0.1, 0.15) is 5.82 Å². The van der Waals surface area contributed by atoms with E-state index < -0.39 is 16.4 Å². The molecule has 2 aliphatic carbocycles. The van der Waals surface area contributed by atoms with Gasteiger partial charge in [0, 0.05) is 23.7 Å². The summed E-state index contributed by atoms with van der Waals surface area (Å²) in [7, 11) is 0. The standard InChI is InChI=1S/C16H16FN5O3S/c17-12-6-3-10(7-13(12)22(24)25)18-14(23)8-26-16-20-19-15(9-1-2-9)21(16)11-4-5-11/h3,6-7,9,11H,1-2,4-5,8H2,(H,18,23). The molecular weight excluding hydrogens is 361 g/mol. The van der Waals surface area contributed by atoms with Crippen molar-refractivity contribution in [1.82, 2.24) is 14.8 Å². The lowest BCUT2D eigenvalue weighted by Gasteiger charge is -2.08. The summed E-state index contributed by atoms with van der Waals surface area (Å²) >= 11 is 1.29. The van der Waals surface area contributed by atoms with Crippen LogP contribution in [0.5, 0.6) is 0 Å². The minimum atomic E-state index is -0.937. The van der Waals surface area contributed by atoms with Crippen molar-refractivity contribution in [2.24, 2.45) is 0 Å². The molecule has 136 valence electrons. The van der Waals surface area contributed by atoms with E-state index in [1.54, 1.807) is 0 Å². The van der Waals surface area contributed by atoms with E-state index >= 15 is 0 Å². The van der Waals surface area contributed by atoms with Crippen molar-refractivity contribution in [3.63, 3.8) is 0 Å². The van der Waals surface area contributed by atoms with Crippen molar-refractivity contribution in [3.8, 4) is 0 Å². The maximum atomic E-state index is 13.3. The van der Waals surface area contributed by atoms with Gasteiger partial charge >= 0.3 is 5.69 Å². The molecule has 26 heavy (non-hydrogen) atoms. The molecule has 10 heteroatoms. The number of carbonyl (C=O) groups is 1. The Morgan fingerprint density at radius 3 is 2.77 bits per heavy atom. The van der Waals surface area contributed by atoms with Gasteiger partial charge in [-0.2, -0.15) is 4.39 Å². The van der Waals surface area contributed by atoms with Crippen LogP contribution in [-0.2, 0) is 4.79 Å². The number of hydrogen-bond donors (Lipinski definition) is 1. The number of aromatic nitrogens is 3. The van der Waals surface area contributed by atoms with Crippen LogP contribution >= 0.6 is 11.8 Å². The topological polar surface area (TPSA) is 103 Å². The molecule has 0 aliphatic heterocycles. The number of rotatable bonds is 7. The zero-order valence-corrected chi connectivity index (χ0v) is 14.5. The van der Waals surface area contributed by atoms with Crippen molar-refractivity contribution >= 4 is 29.0 Å². The van der Waals surface area contributed by atoms with Gasteiger partial charge in [0.25, 0.3) is 0 Å². The number of halogens is 1. The van der Waals surface area contributed by atoms with Crippen molar-refractivity contribution in [3.05, 3.63) is 40.0 Å². The molecule has 0 spiro atoms. The van der Waals surface area contributed by atoms with Crippen LogP contribution in [0.1, 0.15) is 43.5 Å². The van der Waals surface area contributed by atoms with Gasteiger partial charge in [0.15, 0.2) is 5.16 Å². The van der Waals surface area contributed by atoms with Crippen LogP contribution in [0, 0.1) is 15.9 Å². The van der Waals surface area contributed by atoms with Crippen LogP contribution < -0.4 is 5.32 Å². The molecule has 2 aliphatic rings. The molecule has 8 nitrogen and oxygen atoms in total. The third kappa shape index (κ3) is 3.55. The number of nitrogens with one attached hydrogen (secondary N) is 1. The maximum Gasteiger partial charge on any atom is 0.306 e. The van der Waals surface area contributed by atoms with Crippen LogP contribution in [0.3, 0.4) is 0 Å². The summed E-state index contributed by atoms with van der Waals surface area (Å²) in [6.07, 6.45) is 4.49. The molecule has 2 aromatic rings. The van der Waals surface area contributed by atoms with Crippen LogP contribution in [0.2, 0.25) is 0 Å². The Bertz CT molecular complexity index is 879. The highest BCUT2D eigenvalue weighted by atomic mass is 32.2. The van der Waals surface area contributed by atoms with Gasteiger partial charge in [-0.05, 0) is 37.8 Å². The molecular formula is C16H16FN5O3S. The van der Waals surface area contributed by atoms with E-state index in [0.717, 1.165) is 48.8 Å². The fraction of sp³-hybridized carbons (Fsp3) is 0.438. The minimum absolute atomic E-state index is 0.0979. The highest BCUT2D eigenvalue weighted by molar-refractivity contribution is 7.99. The van der Waals surface area contributed by atoms with E-state index in [9.17, 15) is 19.3 Å². The molecule has 1 amide bonds. The molecule has 0 unspecified atom stereocenters. The first kappa shape index (κ1) is 17.0. The van der Waals surface area contributed by atoms with Crippen LogP contribution in [0.15, 0.2) is 23.4 Å². The van der Waals surface area contributed by atoms with Gasteiger partial charge in [0.2, 0.25) is 11.7 Å². The van der Waals surface area contributed by atoms with Gasteiger partial charge in [-0.15, -0.1) is 10.2 Å². The first-order chi connectivity index (χ1) is 12.5. The highest BCUT2D eigenvalue weighted by Gasteiger charge is 2.36. The predicted molar refractivity (Wildman–Crippen MR) is 92.7 cm³/mol. The Hall–Kier alpha value is -2.49. The van der Waals surface area contributed by atoms with E-state index in [-0.39, 0.29) is 17.3 Å². The van der Waals surface area contributed by atoms with E-state index in [0.29, 0.717) is 12.0 Å². The van der Waals surface area contributed by atoms with Crippen LogP contribution in [-0.4, -0.2) is 31.3 Å². The fourth-order valence-electron chi connectivity index (χ4n) is 2.74.